The second kappa shape index (κ2) is 10.2. The number of aromatic nitrogens is 4. The number of hydrogen-bond acceptors (Lipinski definition) is 7. The number of aryl methyl sites for hydroxylation is 1. The maximum Gasteiger partial charge on any atom is 0.360 e. The summed E-state index contributed by atoms with van der Waals surface area (Å²) in [6.45, 7) is 6.31. The molecule has 4 aromatic rings. The van der Waals surface area contributed by atoms with Gasteiger partial charge >= 0.3 is 5.97 Å². The van der Waals surface area contributed by atoms with Crippen LogP contribution in [0.5, 0.6) is 0 Å². The molecule has 0 radical (unpaired) electrons. The van der Waals surface area contributed by atoms with E-state index in [1.807, 2.05) is 49.6 Å². The predicted molar refractivity (Wildman–Crippen MR) is 138 cm³/mol. The molecule has 0 aliphatic rings. The van der Waals surface area contributed by atoms with E-state index in [0.29, 0.717) is 15.2 Å². The van der Waals surface area contributed by atoms with E-state index in [9.17, 15) is 4.79 Å². The summed E-state index contributed by atoms with van der Waals surface area (Å²) in [5.41, 5.74) is 5.05. The molecule has 2 heterocycles. The van der Waals surface area contributed by atoms with Gasteiger partial charge in [0.15, 0.2) is 10.7 Å². The number of hydrogen-bond donors (Lipinski definition) is 0. The quantitative estimate of drug-likeness (QED) is 0.190. The third kappa shape index (κ3) is 4.90. The summed E-state index contributed by atoms with van der Waals surface area (Å²) < 4.78 is 7.66. The molecule has 0 spiro atoms. The second-order valence-corrected chi connectivity index (χ2v) is 10.3. The van der Waals surface area contributed by atoms with Crippen LogP contribution in [0, 0.1) is 6.92 Å². The number of thioether (sulfide) groups is 1. The number of carbonyl (C=O) groups is 1. The molecule has 170 valence electrons. The molecule has 0 aliphatic carbocycles. The smallest absolute Gasteiger partial charge is 0.360 e. The lowest BCUT2D eigenvalue weighted by atomic mass is 10.0. The van der Waals surface area contributed by atoms with Crippen LogP contribution in [0.15, 0.2) is 53.0 Å². The van der Waals surface area contributed by atoms with Crippen LogP contribution in [0.1, 0.15) is 41.4 Å². The topological polar surface area (TPSA) is 69.9 Å². The van der Waals surface area contributed by atoms with Gasteiger partial charge in [0, 0.05) is 5.56 Å². The Balaban J connectivity index is 1.89. The summed E-state index contributed by atoms with van der Waals surface area (Å²) in [7, 11) is 0. The van der Waals surface area contributed by atoms with Gasteiger partial charge in [-0.05, 0) is 52.7 Å². The van der Waals surface area contributed by atoms with Crippen LogP contribution in [0.4, 0.5) is 0 Å². The lowest BCUT2D eigenvalue weighted by Crippen LogP contribution is -2.08. The Morgan fingerprint density at radius 2 is 1.91 bits per heavy atom. The molecule has 0 saturated heterocycles. The molecule has 0 fully saturated rings. The third-order valence-electron chi connectivity index (χ3n) is 5.01. The zero-order valence-electron chi connectivity index (χ0n) is 18.7. The first-order valence-electron chi connectivity index (χ1n) is 10.4. The van der Waals surface area contributed by atoms with Gasteiger partial charge in [-0.3, -0.25) is 0 Å². The molecule has 0 aliphatic heterocycles. The van der Waals surface area contributed by atoms with Crippen molar-refractivity contribution in [1.29, 1.82) is 0 Å². The van der Waals surface area contributed by atoms with Crippen molar-refractivity contribution in [2.45, 2.75) is 26.7 Å². The first-order valence-corrected chi connectivity index (χ1v) is 13.4. The van der Waals surface area contributed by atoms with E-state index in [2.05, 4.69) is 57.2 Å². The molecule has 6 nitrogen and oxygen atoms in total. The highest BCUT2D eigenvalue weighted by molar-refractivity contribution is 9.10. The van der Waals surface area contributed by atoms with Crippen molar-refractivity contribution in [3.8, 4) is 27.0 Å². The number of para-hydroxylation sites is 1. The Morgan fingerprint density at radius 3 is 2.64 bits per heavy atom. The molecule has 4 rings (SSSR count). The van der Waals surface area contributed by atoms with E-state index in [1.54, 1.807) is 4.68 Å². The molecular weight excluding hydrogens is 520 g/mol. The van der Waals surface area contributed by atoms with E-state index in [1.165, 1.54) is 23.1 Å². The molecule has 0 bridgehead atoms. The van der Waals surface area contributed by atoms with Crippen LogP contribution in [0.2, 0.25) is 0 Å². The van der Waals surface area contributed by atoms with Crippen molar-refractivity contribution in [3.63, 3.8) is 0 Å². The van der Waals surface area contributed by atoms with Crippen LogP contribution in [-0.2, 0) is 4.74 Å². The fourth-order valence-electron chi connectivity index (χ4n) is 3.45. The first-order chi connectivity index (χ1) is 15.9. The number of esters is 1. The van der Waals surface area contributed by atoms with Gasteiger partial charge in [0.05, 0.1) is 10.2 Å². The highest BCUT2D eigenvalue weighted by Crippen LogP contribution is 2.39. The summed E-state index contributed by atoms with van der Waals surface area (Å²) in [5.74, 6) is 0.0367. The van der Waals surface area contributed by atoms with Gasteiger partial charge < -0.3 is 4.74 Å². The van der Waals surface area contributed by atoms with Crippen molar-refractivity contribution in [2.24, 2.45) is 0 Å². The number of halogens is 1. The predicted octanol–water partition coefficient (Wildman–Crippen LogP) is 6.73. The standard InChI is InChI=1S/C24H23BrN4O2S2/c1-14(2)17-10-5-6-11-18(17)29-21(19(25)20(28-29)24(30)31-13-32-4)23-27-26-22(33-23)16-9-7-8-15(3)12-16/h5-12,14H,13H2,1-4H3. The Morgan fingerprint density at radius 1 is 1.15 bits per heavy atom. The fourth-order valence-corrected chi connectivity index (χ4v) is 5.28. The number of ether oxygens (including phenoxy) is 1. The lowest BCUT2D eigenvalue weighted by molar-refractivity contribution is 0.0571. The van der Waals surface area contributed by atoms with Gasteiger partial charge in [-0.25, -0.2) is 9.48 Å². The first kappa shape index (κ1) is 23.7. The summed E-state index contributed by atoms with van der Waals surface area (Å²) in [5, 5.41) is 15.0. The van der Waals surface area contributed by atoms with E-state index in [4.69, 9.17) is 4.74 Å². The highest BCUT2D eigenvalue weighted by atomic mass is 79.9. The van der Waals surface area contributed by atoms with Gasteiger partial charge in [0.2, 0.25) is 0 Å². The van der Waals surface area contributed by atoms with Crippen LogP contribution in [0.25, 0.3) is 27.0 Å². The van der Waals surface area contributed by atoms with Gasteiger partial charge in [-0.2, -0.15) is 5.10 Å². The second-order valence-electron chi connectivity index (χ2n) is 7.76. The van der Waals surface area contributed by atoms with E-state index in [0.717, 1.165) is 27.4 Å². The minimum atomic E-state index is -0.485. The number of benzene rings is 2. The average molecular weight is 544 g/mol. The SMILES string of the molecule is CSCOC(=O)c1nn(-c2ccccc2C(C)C)c(-c2nnc(-c3cccc(C)c3)s2)c1Br. The zero-order valence-corrected chi connectivity index (χ0v) is 21.9. The Bertz CT molecular complexity index is 1300. The molecule has 33 heavy (non-hydrogen) atoms. The van der Waals surface area contributed by atoms with Crippen molar-refractivity contribution >= 4 is 45.0 Å². The van der Waals surface area contributed by atoms with E-state index in [-0.39, 0.29) is 17.6 Å². The molecule has 0 amide bonds. The third-order valence-corrected chi connectivity index (χ3v) is 7.09. The van der Waals surface area contributed by atoms with Crippen molar-refractivity contribution in [1.82, 2.24) is 20.0 Å². The molecule has 9 heteroatoms. The molecule has 0 saturated carbocycles. The molecule has 0 atom stereocenters. The normalized spacial score (nSPS) is 11.2. The van der Waals surface area contributed by atoms with Gasteiger partial charge in [0.25, 0.3) is 0 Å². The number of rotatable bonds is 7. The Labute approximate surface area is 209 Å². The minimum Gasteiger partial charge on any atom is -0.450 e. The van der Waals surface area contributed by atoms with Crippen molar-refractivity contribution < 1.29 is 9.53 Å². The van der Waals surface area contributed by atoms with E-state index >= 15 is 0 Å². The van der Waals surface area contributed by atoms with Crippen LogP contribution in [-0.4, -0.2) is 38.1 Å². The fraction of sp³-hybridized carbons (Fsp3) is 0.250. The zero-order chi connectivity index (χ0) is 23.5. The summed E-state index contributed by atoms with van der Waals surface area (Å²) in [6.07, 6.45) is 1.87. The molecule has 0 unspecified atom stereocenters. The average Bonchev–Trinajstić information content (AvgIpc) is 3.42. The van der Waals surface area contributed by atoms with Crippen LogP contribution < -0.4 is 0 Å². The highest BCUT2D eigenvalue weighted by Gasteiger charge is 2.28. The Hall–Kier alpha value is -2.49. The largest absolute Gasteiger partial charge is 0.450 e. The van der Waals surface area contributed by atoms with Crippen molar-refractivity contribution in [3.05, 3.63) is 69.8 Å². The molecule has 2 aromatic heterocycles. The number of nitrogens with zero attached hydrogens (tertiary/aromatic N) is 4. The number of carbonyl (C=O) groups excluding carboxylic acids is 1. The van der Waals surface area contributed by atoms with Gasteiger partial charge in [0.1, 0.15) is 16.6 Å². The minimum absolute atomic E-state index is 0.213. The van der Waals surface area contributed by atoms with Gasteiger partial charge in [-0.1, -0.05) is 67.1 Å². The molecule has 2 aromatic carbocycles. The maximum atomic E-state index is 12.8. The summed E-state index contributed by atoms with van der Waals surface area (Å²) in [6, 6.07) is 16.2. The Kier molecular flexibility index (Phi) is 7.31. The maximum absolute atomic E-state index is 12.8. The summed E-state index contributed by atoms with van der Waals surface area (Å²) in [4.78, 5) is 12.8. The van der Waals surface area contributed by atoms with Gasteiger partial charge in [-0.15, -0.1) is 22.0 Å². The molecular formula is C24H23BrN4O2S2. The van der Waals surface area contributed by atoms with E-state index < -0.39 is 5.97 Å². The lowest BCUT2D eigenvalue weighted by Gasteiger charge is -2.14. The van der Waals surface area contributed by atoms with Crippen LogP contribution in [0.3, 0.4) is 0 Å². The monoisotopic (exact) mass is 542 g/mol. The summed E-state index contributed by atoms with van der Waals surface area (Å²) >= 11 is 6.50. The van der Waals surface area contributed by atoms with Crippen molar-refractivity contribution in [2.75, 3.05) is 12.2 Å². The molecule has 0 N–H and O–H groups in total. The van der Waals surface area contributed by atoms with Crippen LogP contribution >= 0.6 is 39.0 Å².